The van der Waals surface area contributed by atoms with E-state index in [4.69, 9.17) is 4.74 Å². The van der Waals surface area contributed by atoms with Crippen molar-refractivity contribution in [3.63, 3.8) is 0 Å². The zero-order valence-electron chi connectivity index (χ0n) is 18.0. The summed E-state index contributed by atoms with van der Waals surface area (Å²) >= 11 is 0. The van der Waals surface area contributed by atoms with Crippen molar-refractivity contribution < 1.29 is 14.6 Å². The molecule has 1 atom stereocenters. The quantitative estimate of drug-likeness (QED) is 0.435. The number of H-pyrrole nitrogens is 1. The van der Waals surface area contributed by atoms with Crippen LogP contribution in [-0.2, 0) is 22.5 Å². The van der Waals surface area contributed by atoms with E-state index in [0.29, 0.717) is 24.2 Å². The number of ether oxygens (including phenoxy) is 1. The summed E-state index contributed by atoms with van der Waals surface area (Å²) < 4.78 is 6.50. The lowest BCUT2D eigenvalue weighted by Gasteiger charge is -2.20. The van der Waals surface area contributed by atoms with Gasteiger partial charge in [-0.05, 0) is 48.7 Å². The van der Waals surface area contributed by atoms with Crippen LogP contribution in [0.3, 0.4) is 0 Å². The van der Waals surface area contributed by atoms with Crippen LogP contribution in [0.5, 0.6) is 5.75 Å². The lowest BCUT2D eigenvalue weighted by Crippen LogP contribution is -2.29. The summed E-state index contributed by atoms with van der Waals surface area (Å²) in [7, 11) is 1.31. The highest BCUT2D eigenvalue weighted by atomic mass is 16.5. The smallest absolute Gasteiger partial charge is 0.306 e. The molecule has 0 fully saturated rings. The molecule has 0 radical (unpaired) electrons. The molecule has 0 bridgehead atoms. The first kappa shape index (κ1) is 21.4. The molecule has 7 nitrogen and oxygen atoms in total. The number of aryl methyl sites for hydroxylation is 2. The number of carbonyl (C=O) groups is 1. The topological polar surface area (TPSA) is 97.2 Å². The fourth-order valence-electron chi connectivity index (χ4n) is 4.18. The van der Waals surface area contributed by atoms with Gasteiger partial charge in [0.25, 0.3) is 5.56 Å². The van der Waals surface area contributed by atoms with Crippen LogP contribution < -0.4 is 5.56 Å². The van der Waals surface area contributed by atoms with Gasteiger partial charge in [0.05, 0.1) is 19.1 Å². The summed E-state index contributed by atoms with van der Waals surface area (Å²) in [6.45, 7) is 2.24. The van der Waals surface area contributed by atoms with Crippen molar-refractivity contribution in [2.24, 2.45) is 0 Å². The highest BCUT2D eigenvalue weighted by molar-refractivity contribution is 5.83. The third-order valence-corrected chi connectivity index (χ3v) is 5.86. The molecule has 0 saturated carbocycles. The van der Waals surface area contributed by atoms with E-state index in [1.165, 1.54) is 7.11 Å². The minimum Gasteiger partial charge on any atom is -0.507 e. The zero-order chi connectivity index (χ0) is 22.7. The van der Waals surface area contributed by atoms with Crippen LogP contribution in [-0.4, -0.2) is 32.7 Å². The molecule has 0 aliphatic carbocycles. The first-order chi connectivity index (χ1) is 15.5. The van der Waals surface area contributed by atoms with Crippen LogP contribution in [0, 0.1) is 6.92 Å². The summed E-state index contributed by atoms with van der Waals surface area (Å²) in [5, 5.41) is 11.8. The van der Waals surface area contributed by atoms with Crippen LogP contribution in [0.15, 0.2) is 65.8 Å². The molecule has 164 valence electrons. The van der Waals surface area contributed by atoms with Gasteiger partial charge < -0.3 is 19.4 Å². The Hall–Kier alpha value is -3.87. The Bertz CT molecular complexity index is 1310. The summed E-state index contributed by atoms with van der Waals surface area (Å²) in [5.74, 6) is -1.23. The number of aromatic amines is 1. The Kier molecular flexibility index (Phi) is 6.07. The Morgan fingerprint density at radius 1 is 1.22 bits per heavy atom. The number of para-hydroxylation sites is 1. The zero-order valence-corrected chi connectivity index (χ0v) is 18.0. The molecule has 1 aromatic carbocycles. The van der Waals surface area contributed by atoms with Crippen molar-refractivity contribution in [2.75, 3.05) is 7.11 Å². The molecular formula is C25H25N3O4. The molecule has 7 heteroatoms. The predicted octanol–water partition coefficient (Wildman–Crippen LogP) is 3.68. The Balaban J connectivity index is 1.73. The van der Waals surface area contributed by atoms with E-state index >= 15 is 0 Å². The van der Waals surface area contributed by atoms with E-state index in [0.717, 1.165) is 16.5 Å². The average Bonchev–Trinajstić information content (AvgIpc) is 3.21. The summed E-state index contributed by atoms with van der Waals surface area (Å²) in [4.78, 5) is 32.9. The lowest BCUT2D eigenvalue weighted by atomic mass is 9.89. The van der Waals surface area contributed by atoms with Crippen LogP contribution >= 0.6 is 0 Å². The molecule has 3 aromatic heterocycles. The molecule has 0 unspecified atom stereocenters. The highest BCUT2D eigenvalue weighted by Gasteiger charge is 2.26. The first-order valence-corrected chi connectivity index (χ1v) is 10.4. The molecule has 0 saturated heterocycles. The van der Waals surface area contributed by atoms with E-state index < -0.39 is 11.9 Å². The van der Waals surface area contributed by atoms with Gasteiger partial charge in [-0.2, -0.15) is 0 Å². The first-order valence-electron chi connectivity index (χ1n) is 10.4. The van der Waals surface area contributed by atoms with Crippen molar-refractivity contribution in [1.29, 1.82) is 0 Å². The molecule has 0 aliphatic heterocycles. The normalized spacial score (nSPS) is 12.1. The van der Waals surface area contributed by atoms with Gasteiger partial charge in [-0.3, -0.25) is 14.6 Å². The molecule has 0 spiro atoms. The van der Waals surface area contributed by atoms with Crippen LogP contribution in [0.2, 0.25) is 0 Å². The minimum atomic E-state index is -0.641. The molecule has 4 rings (SSSR count). The summed E-state index contributed by atoms with van der Waals surface area (Å²) in [6, 6.07) is 13.1. The Morgan fingerprint density at radius 2 is 1.97 bits per heavy atom. The van der Waals surface area contributed by atoms with E-state index in [-0.39, 0.29) is 23.3 Å². The number of esters is 1. The van der Waals surface area contributed by atoms with E-state index in [1.807, 2.05) is 24.4 Å². The van der Waals surface area contributed by atoms with Crippen LogP contribution in [0.1, 0.15) is 34.7 Å². The third-order valence-electron chi connectivity index (χ3n) is 5.86. The fraction of sp³-hybridized carbons (Fsp3) is 0.240. The summed E-state index contributed by atoms with van der Waals surface area (Å²) in [6.07, 6.45) is 5.74. The van der Waals surface area contributed by atoms with Gasteiger partial charge in [-0.1, -0.05) is 18.2 Å². The van der Waals surface area contributed by atoms with Crippen molar-refractivity contribution in [3.05, 3.63) is 93.8 Å². The van der Waals surface area contributed by atoms with Gasteiger partial charge in [-0.15, -0.1) is 0 Å². The number of aromatic hydroxyl groups is 1. The van der Waals surface area contributed by atoms with Crippen LogP contribution in [0.4, 0.5) is 0 Å². The largest absolute Gasteiger partial charge is 0.507 e. The number of methoxy groups -OCH3 is 1. The number of carbonyl (C=O) groups excluding carboxylic acids is 1. The second-order valence-corrected chi connectivity index (χ2v) is 7.76. The number of hydrogen-bond donors (Lipinski definition) is 2. The maximum atomic E-state index is 13.5. The summed E-state index contributed by atoms with van der Waals surface area (Å²) in [5.41, 5.74) is 3.40. The van der Waals surface area contributed by atoms with E-state index in [2.05, 4.69) is 16.0 Å². The van der Waals surface area contributed by atoms with E-state index in [9.17, 15) is 14.7 Å². The average molecular weight is 431 g/mol. The molecular weight excluding hydrogens is 406 g/mol. The molecule has 0 aliphatic rings. The van der Waals surface area contributed by atoms with Gasteiger partial charge in [-0.25, -0.2) is 0 Å². The van der Waals surface area contributed by atoms with Crippen molar-refractivity contribution in [3.8, 4) is 5.75 Å². The predicted molar refractivity (Wildman–Crippen MR) is 122 cm³/mol. The van der Waals surface area contributed by atoms with Gasteiger partial charge in [0.15, 0.2) is 0 Å². The molecule has 4 aromatic rings. The second-order valence-electron chi connectivity index (χ2n) is 7.76. The number of nitrogens with zero attached hydrogens (tertiary/aromatic N) is 2. The number of nitrogens with one attached hydrogen (secondary N) is 1. The van der Waals surface area contributed by atoms with Crippen LogP contribution in [0.25, 0.3) is 10.9 Å². The minimum absolute atomic E-state index is 0.0607. The lowest BCUT2D eigenvalue weighted by molar-refractivity contribution is -0.140. The monoisotopic (exact) mass is 431 g/mol. The molecule has 0 amide bonds. The van der Waals surface area contributed by atoms with Crippen molar-refractivity contribution in [1.82, 2.24) is 14.5 Å². The highest BCUT2D eigenvalue weighted by Crippen LogP contribution is 2.32. The number of benzene rings is 1. The fourth-order valence-corrected chi connectivity index (χ4v) is 4.18. The second kappa shape index (κ2) is 9.09. The third kappa shape index (κ3) is 4.14. The standard InChI is InChI=1S/C25H25N3O4/c1-16-13-22(29)24(20(14-23(30)32-2)17-7-10-26-11-8-17)25(31)28(16)12-9-18-15-27-21-6-4-3-5-19(18)21/h3-8,10-11,13,15,20,27,29H,9,12,14H2,1-2H3/t20-/m1/s1. The molecule has 32 heavy (non-hydrogen) atoms. The maximum Gasteiger partial charge on any atom is 0.306 e. The molecule has 2 N–H and O–H groups in total. The van der Waals surface area contributed by atoms with Crippen molar-refractivity contribution in [2.45, 2.75) is 32.2 Å². The molecule has 3 heterocycles. The Labute approximate surface area is 185 Å². The van der Waals surface area contributed by atoms with Gasteiger partial charge in [0.2, 0.25) is 0 Å². The SMILES string of the molecule is COC(=O)C[C@H](c1ccncc1)c1c(O)cc(C)n(CCc2c[nH]c3ccccc23)c1=O. The van der Waals surface area contributed by atoms with Gasteiger partial charge >= 0.3 is 5.97 Å². The Morgan fingerprint density at radius 3 is 2.72 bits per heavy atom. The number of hydrogen-bond acceptors (Lipinski definition) is 5. The van der Waals surface area contributed by atoms with Gasteiger partial charge in [0, 0.05) is 47.7 Å². The number of fused-ring (bicyclic) bond motifs is 1. The van der Waals surface area contributed by atoms with Gasteiger partial charge in [0.1, 0.15) is 5.75 Å². The number of aromatic nitrogens is 3. The number of pyridine rings is 2. The van der Waals surface area contributed by atoms with E-state index in [1.54, 1.807) is 42.1 Å². The maximum absolute atomic E-state index is 13.5. The van der Waals surface area contributed by atoms with Crippen molar-refractivity contribution >= 4 is 16.9 Å². The number of rotatable bonds is 7.